The summed E-state index contributed by atoms with van der Waals surface area (Å²) in [6.07, 6.45) is -0.780. The van der Waals surface area contributed by atoms with E-state index in [1.54, 1.807) is 6.92 Å². The summed E-state index contributed by atoms with van der Waals surface area (Å²) in [6, 6.07) is 9.90. The molecule has 0 fully saturated rings. The molecule has 0 heterocycles. The van der Waals surface area contributed by atoms with Gasteiger partial charge in [0.25, 0.3) is 0 Å². The van der Waals surface area contributed by atoms with Gasteiger partial charge in [-0.3, -0.25) is 0 Å². The van der Waals surface area contributed by atoms with Gasteiger partial charge in [-0.15, -0.1) is 0 Å². The molecule has 0 spiro atoms. The van der Waals surface area contributed by atoms with Crippen molar-refractivity contribution in [2.24, 2.45) is 0 Å². The molecule has 2 nitrogen and oxygen atoms in total. The van der Waals surface area contributed by atoms with Crippen molar-refractivity contribution < 1.29 is 14.2 Å². The lowest BCUT2D eigenvalue weighted by atomic mass is 10.1. The molecule has 19 heavy (non-hydrogen) atoms. The van der Waals surface area contributed by atoms with Crippen molar-refractivity contribution in [3.05, 3.63) is 58.9 Å². The van der Waals surface area contributed by atoms with Crippen LogP contribution >= 0.6 is 0 Å². The highest BCUT2D eigenvalue weighted by Crippen LogP contribution is 2.31. The van der Waals surface area contributed by atoms with Crippen LogP contribution in [0.5, 0.6) is 11.5 Å². The van der Waals surface area contributed by atoms with Crippen molar-refractivity contribution in [2.45, 2.75) is 26.9 Å². The molecular formula is C16H17FO2. The minimum atomic E-state index is -0.780. The van der Waals surface area contributed by atoms with Crippen molar-refractivity contribution in [1.82, 2.24) is 0 Å². The number of aryl methyl sites for hydroxylation is 2. The zero-order valence-corrected chi connectivity index (χ0v) is 11.3. The Bertz CT molecular complexity index is 591. The molecule has 0 radical (unpaired) electrons. The van der Waals surface area contributed by atoms with Gasteiger partial charge in [-0.1, -0.05) is 6.07 Å². The van der Waals surface area contributed by atoms with E-state index in [2.05, 4.69) is 0 Å². The van der Waals surface area contributed by atoms with Gasteiger partial charge in [-0.25, -0.2) is 4.39 Å². The van der Waals surface area contributed by atoms with Crippen LogP contribution in [0.1, 0.15) is 29.7 Å². The highest BCUT2D eigenvalue weighted by molar-refractivity contribution is 5.41. The molecule has 2 aromatic carbocycles. The smallest absolute Gasteiger partial charge is 0.133 e. The third kappa shape index (κ3) is 3.12. The molecule has 2 rings (SSSR count). The first-order chi connectivity index (χ1) is 8.97. The highest BCUT2D eigenvalue weighted by Gasteiger charge is 2.11. The first-order valence-corrected chi connectivity index (χ1v) is 6.20. The fourth-order valence-electron chi connectivity index (χ4n) is 1.84. The maximum Gasteiger partial charge on any atom is 0.133 e. The summed E-state index contributed by atoms with van der Waals surface area (Å²) >= 11 is 0. The van der Waals surface area contributed by atoms with Gasteiger partial charge in [0, 0.05) is 5.56 Å². The van der Waals surface area contributed by atoms with Gasteiger partial charge in [0.15, 0.2) is 0 Å². The van der Waals surface area contributed by atoms with Crippen molar-refractivity contribution in [3.8, 4) is 11.5 Å². The topological polar surface area (TPSA) is 29.5 Å². The fourth-order valence-corrected chi connectivity index (χ4v) is 1.84. The molecule has 0 amide bonds. The molecule has 0 unspecified atom stereocenters. The molecule has 0 aromatic heterocycles. The van der Waals surface area contributed by atoms with Gasteiger partial charge >= 0.3 is 0 Å². The summed E-state index contributed by atoms with van der Waals surface area (Å²) in [5.41, 5.74) is 2.75. The van der Waals surface area contributed by atoms with Crippen molar-refractivity contribution >= 4 is 0 Å². The van der Waals surface area contributed by atoms with Crippen LogP contribution in [0.2, 0.25) is 0 Å². The standard InChI is InChI=1S/C16H17FO2/c1-10-4-6-14(8-11(10)2)19-16-7-5-13(17)9-15(16)12(3)18/h4-9,12,18H,1-3H3/t12-/m0/s1. The zero-order valence-electron chi connectivity index (χ0n) is 11.3. The van der Waals surface area contributed by atoms with E-state index >= 15 is 0 Å². The van der Waals surface area contributed by atoms with E-state index in [0.717, 1.165) is 5.56 Å². The summed E-state index contributed by atoms with van der Waals surface area (Å²) in [4.78, 5) is 0. The van der Waals surface area contributed by atoms with Gasteiger partial charge in [0.05, 0.1) is 6.10 Å². The fraction of sp³-hybridized carbons (Fsp3) is 0.250. The predicted molar refractivity (Wildman–Crippen MR) is 73.0 cm³/mol. The normalized spacial score (nSPS) is 12.3. The molecule has 1 atom stereocenters. The third-order valence-corrected chi connectivity index (χ3v) is 3.13. The van der Waals surface area contributed by atoms with E-state index < -0.39 is 6.10 Å². The number of benzene rings is 2. The van der Waals surface area contributed by atoms with Crippen LogP contribution < -0.4 is 4.74 Å². The molecule has 100 valence electrons. The number of aliphatic hydroxyl groups is 1. The number of ether oxygens (including phenoxy) is 1. The van der Waals surface area contributed by atoms with Gasteiger partial charge in [-0.05, 0) is 62.2 Å². The number of rotatable bonds is 3. The van der Waals surface area contributed by atoms with Crippen LogP contribution in [-0.4, -0.2) is 5.11 Å². The molecule has 0 aliphatic rings. The van der Waals surface area contributed by atoms with E-state index in [1.807, 2.05) is 32.0 Å². The van der Waals surface area contributed by atoms with Gasteiger partial charge < -0.3 is 9.84 Å². The average molecular weight is 260 g/mol. The Morgan fingerprint density at radius 2 is 1.79 bits per heavy atom. The second-order valence-corrected chi connectivity index (χ2v) is 4.71. The SMILES string of the molecule is Cc1ccc(Oc2ccc(F)cc2[C@H](C)O)cc1C. The maximum absolute atomic E-state index is 13.2. The Kier molecular flexibility index (Phi) is 3.86. The summed E-state index contributed by atoms with van der Waals surface area (Å²) in [6.45, 7) is 5.61. The zero-order chi connectivity index (χ0) is 14.0. The minimum Gasteiger partial charge on any atom is -0.457 e. The molecule has 3 heteroatoms. The van der Waals surface area contributed by atoms with Crippen molar-refractivity contribution in [3.63, 3.8) is 0 Å². The van der Waals surface area contributed by atoms with Crippen LogP contribution in [-0.2, 0) is 0 Å². The van der Waals surface area contributed by atoms with Crippen LogP contribution in [0.3, 0.4) is 0 Å². The van der Waals surface area contributed by atoms with Crippen LogP contribution in [0.15, 0.2) is 36.4 Å². The summed E-state index contributed by atoms with van der Waals surface area (Å²) in [7, 11) is 0. The molecule has 0 saturated heterocycles. The summed E-state index contributed by atoms with van der Waals surface area (Å²) in [5.74, 6) is 0.764. The molecular weight excluding hydrogens is 243 g/mol. The molecule has 0 bridgehead atoms. The first-order valence-electron chi connectivity index (χ1n) is 6.20. The Labute approximate surface area is 112 Å². The predicted octanol–water partition coefficient (Wildman–Crippen LogP) is 4.29. The number of hydrogen-bond donors (Lipinski definition) is 1. The minimum absolute atomic E-state index is 0.386. The van der Waals surface area contributed by atoms with Gasteiger partial charge in [-0.2, -0.15) is 0 Å². The maximum atomic E-state index is 13.2. The first kappa shape index (κ1) is 13.6. The largest absolute Gasteiger partial charge is 0.457 e. The molecule has 0 aliphatic carbocycles. The summed E-state index contributed by atoms with van der Waals surface area (Å²) in [5, 5.41) is 9.66. The Morgan fingerprint density at radius 1 is 1.05 bits per heavy atom. The lowest BCUT2D eigenvalue weighted by Crippen LogP contribution is -1.97. The molecule has 2 aromatic rings. The number of aliphatic hydroxyl groups excluding tert-OH is 1. The van der Waals surface area contributed by atoms with Crippen LogP contribution in [0, 0.1) is 19.7 Å². The lowest BCUT2D eigenvalue weighted by molar-refractivity contribution is 0.195. The third-order valence-electron chi connectivity index (χ3n) is 3.13. The van der Waals surface area contributed by atoms with Crippen molar-refractivity contribution in [2.75, 3.05) is 0 Å². The van der Waals surface area contributed by atoms with E-state index in [0.29, 0.717) is 17.1 Å². The van der Waals surface area contributed by atoms with E-state index in [4.69, 9.17) is 4.74 Å². The number of hydrogen-bond acceptors (Lipinski definition) is 2. The second-order valence-electron chi connectivity index (χ2n) is 4.71. The highest BCUT2D eigenvalue weighted by atomic mass is 19.1. The summed E-state index contributed by atoms with van der Waals surface area (Å²) < 4.78 is 18.9. The van der Waals surface area contributed by atoms with E-state index in [-0.39, 0.29) is 5.82 Å². The quantitative estimate of drug-likeness (QED) is 0.892. The Morgan fingerprint density at radius 3 is 2.42 bits per heavy atom. The molecule has 0 aliphatic heterocycles. The van der Waals surface area contributed by atoms with Crippen LogP contribution in [0.25, 0.3) is 0 Å². The Balaban J connectivity index is 2.35. The Hall–Kier alpha value is -1.87. The average Bonchev–Trinajstić information content (AvgIpc) is 2.36. The van der Waals surface area contributed by atoms with Crippen LogP contribution in [0.4, 0.5) is 4.39 Å². The number of halogens is 1. The second kappa shape index (κ2) is 5.41. The van der Waals surface area contributed by atoms with Crippen molar-refractivity contribution in [1.29, 1.82) is 0 Å². The van der Waals surface area contributed by atoms with Gasteiger partial charge in [0.1, 0.15) is 17.3 Å². The molecule has 1 N–H and O–H groups in total. The van der Waals surface area contributed by atoms with Gasteiger partial charge in [0.2, 0.25) is 0 Å². The van der Waals surface area contributed by atoms with E-state index in [9.17, 15) is 9.50 Å². The van der Waals surface area contributed by atoms with E-state index in [1.165, 1.54) is 23.8 Å². The molecule has 0 saturated carbocycles. The monoisotopic (exact) mass is 260 g/mol. The lowest BCUT2D eigenvalue weighted by Gasteiger charge is -2.14.